The second-order valence-corrected chi connectivity index (χ2v) is 4.74. The summed E-state index contributed by atoms with van der Waals surface area (Å²) in [5.41, 5.74) is 0. The molecule has 0 atom stereocenters. The van der Waals surface area contributed by atoms with E-state index < -0.39 is 0 Å². The van der Waals surface area contributed by atoms with Gasteiger partial charge in [-0.3, -0.25) is 0 Å². The molecule has 0 amide bonds. The van der Waals surface area contributed by atoms with Gasteiger partial charge in [-0.15, -0.1) is 11.3 Å². The Morgan fingerprint density at radius 2 is 1.85 bits per heavy atom. The van der Waals surface area contributed by atoms with Gasteiger partial charge in [-0.2, -0.15) is 0 Å². The van der Waals surface area contributed by atoms with Crippen LogP contribution in [-0.4, -0.2) is 0 Å². The zero-order chi connectivity index (χ0) is 9.84. The second kappa shape index (κ2) is 4.77. The summed E-state index contributed by atoms with van der Waals surface area (Å²) >= 11 is 5.28. The lowest BCUT2D eigenvalue weighted by Gasteiger charge is -1.88. The van der Waals surface area contributed by atoms with Crippen molar-refractivity contribution in [3.05, 3.63) is 33.6 Å². The van der Waals surface area contributed by atoms with Crippen LogP contribution in [0.3, 0.4) is 0 Å². The van der Waals surface area contributed by atoms with Gasteiger partial charge in [-0.05, 0) is 30.5 Å². The van der Waals surface area contributed by atoms with Crippen LogP contribution in [0.4, 0.5) is 0 Å². The van der Waals surface area contributed by atoms with Crippen molar-refractivity contribution >= 4 is 37.4 Å². The summed E-state index contributed by atoms with van der Waals surface area (Å²) in [7, 11) is 0. The molecule has 2 rings (SSSR count). The Kier molecular flexibility index (Phi) is 3.94. The third-order valence-electron chi connectivity index (χ3n) is 1.61. The molecule has 0 bridgehead atoms. The number of hydrogen-bond acceptors (Lipinski definition) is 1. The van der Waals surface area contributed by atoms with E-state index in [9.17, 15) is 0 Å². The van der Waals surface area contributed by atoms with E-state index in [1.54, 1.807) is 0 Å². The Labute approximate surface area is 91.7 Å². The van der Waals surface area contributed by atoms with Crippen LogP contribution in [0.25, 0.3) is 10.1 Å². The minimum Gasteiger partial charge on any atom is -0.141 e. The molecule has 0 spiro atoms. The minimum atomic E-state index is 1.16. The first-order valence-electron chi connectivity index (χ1n) is 4.41. The van der Waals surface area contributed by atoms with Crippen LogP contribution in [0.1, 0.15) is 18.7 Å². The quantitative estimate of drug-likeness (QED) is 0.623. The highest BCUT2D eigenvalue weighted by atomic mass is 79.9. The molecule has 13 heavy (non-hydrogen) atoms. The largest absolute Gasteiger partial charge is 0.141 e. The molecule has 0 N–H and O–H groups in total. The Bertz CT molecular complexity index is 390. The minimum absolute atomic E-state index is 1.16. The van der Waals surface area contributed by atoms with Gasteiger partial charge in [0.2, 0.25) is 0 Å². The van der Waals surface area contributed by atoms with E-state index in [0.717, 1.165) is 4.47 Å². The van der Waals surface area contributed by atoms with Crippen LogP contribution in [0.2, 0.25) is 0 Å². The molecule has 2 aromatic rings. The Hall–Kier alpha value is -0.340. The average molecular weight is 257 g/mol. The lowest BCUT2D eigenvalue weighted by atomic mass is 10.2. The number of aryl methyl sites for hydroxylation is 1. The normalized spacial score (nSPS) is 9.54. The number of benzene rings is 1. The summed E-state index contributed by atoms with van der Waals surface area (Å²) in [4.78, 5) is 1.37. The van der Waals surface area contributed by atoms with Gasteiger partial charge in [0.05, 0.1) is 0 Å². The molecule has 1 aromatic heterocycles. The van der Waals surface area contributed by atoms with Crippen molar-refractivity contribution in [1.82, 2.24) is 0 Å². The topological polar surface area (TPSA) is 0 Å². The van der Waals surface area contributed by atoms with Crippen molar-refractivity contribution in [2.24, 2.45) is 0 Å². The summed E-state index contributed by atoms with van der Waals surface area (Å²) in [6.07, 6.45) is 0. The van der Waals surface area contributed by atoms with E-state index in [2.05, 4.69) is 47.1 Å². The molecule has 0 unspecified atom stereocenters. The van der Waals surface area contributed by atoms with Crippen molar-refractivity contribution in [1.29, 1.82) is 0 Å². The molecule has 0 aliphatic carbocycles. The fourth-order valence-corrected chi connectivity index (χ4v) is 2.61. The highest BCUT2D eigenvalue weighted by molar-refractivity contribution is 9.10. The van der Waals surface area contributed by atoms with E-state index in [0.29, 0.717) is 0 Å². The first-order chi connectivity index (χ1) is 6.25. The van der Waals surface area contributed by atoms with Crippen LogP contribution in [0, 0.1) is 6.92 Å². The first kappa shape index (κ1) is 10.7. The van der Waals surface area contributed by atoms with E-state index in [-0.39, 0.29) is 0 Å². The molecule has 0 saturated heterocycles. The zero-order valence-corrected chi connectivity index (χ0v) is 10.5. The SMILES string of the molecule is CC.Cc1cc2ccc(Br)cc2s1. The summed E-state index contributed by atoms with van der Waals surface area (Å²) in [5.74, 6) is 0. The van der Waals surface area contributed by atoms with Crippen molar-refractivity contribution in [3.63, 3.8) is 0 Å². The Morgan fingerprint density at radius 1 is 1.15 bits per heavy atom. The second-order valence-electron chi connectivity index (χ2n) is 2.54. The molecule has 0 nitrogen and oxygen atoms in total. The van der Waals surface area contributed by atoms with Crippen LogP contribution in [0.5, 0.6) is 0 Å². The molecule has 1 aromatic carbocycles. The highest BCUT2D eigenvalue weighted by Gasteiger charge is 1.97. The first-order valence-corrected chi connectivity index (χ1v) is 6.02. The molecule has 0 saturated carbocycles. The number of rotatable bonds is 0. The molecule has 0 fully saturated rings. The van der Waals surface area contributed by atoms with Gasteiger partial charge in [-0.25, -0.2) is 0 Å². The van der Waals surface area contributed by atoms with Crippen LogP contribution in [-0.2, 0) is 0 Å². The van der Waals surface area contributed by atoms with Gasteiger partial charge in [0, 0.05) is 14.0 Å². The molecular weight excluding hydrogens is 244 g/mol. The molecule has 0 radical (unpaired) electrons. The van der Waals surface area contributed by atoms with Crippen LogP contribution >= 0.6 is 27.3 Å². The summed E-state index contributed by atoms with van der Waals surface area (Å²) in [6.45, 7) is 6.14. The zero-order valence-electron chi connectivity index (χ0n) is 8.10. The monoisotopic (exact) mass is 256 g/mol. The van der Waals surface area contributed by atoms with Gasteiger partial charge in [0.25, 0.3) is 0 Å². The number of fused-ring (bicyclic) bond motifs is 1. The van der Waals surface area contributed by atoms with Gasteiger partial charge in [0.15, 0.2) is 0 Å². The van der Waals surface area contributed by atoms with Gasteiger partial charge in [0.1, 0.15) is 0 Å². The fraction of sp³-hybridized carbons (Fsp3) is 0.273. The highest BCUT2D eigenvalue weighted by Crippen LogP contribution is 2.27. The summed E-state index contributed by atoms with van der Waals surface area (Å²) < 4.78 is 2.52. The maximum absolute atomic E-state index is 3.45. The average Bonchev–Trinajstić information content (AvgIpc) is 2.48. The third kappa shape index (κ3) is 2.55. The van der Waals surface area contributed by atoms with Crippen LogP contribution in [0.15, 0.2) is 28.7 Å². The predicted molar refractivity (Wildman–Crippen MR) is 65.6 cm³/mol. The molecule has 0 aliphatic rings. The van der Waals surface area contributed by atoms with Crippen molar-refractivity contribution in [2.75, 3.05) is 0 Å². The van der Waals surface area contributed by atoms with E-state index >= 15 is 0 Å². The van der Waals surface area contributed by atoms with Crippen molar-refractivity contribution < 1.29 is 0 Å². The lowest BCUT2D eigenvalue weighted by Crippen LogP contribution is -1.61. The summed E-state index contributed by atoms with van der Waals surface area (Å²) in [6, 6.07) is 8.59. The van der Waals surface area contributed by atoms with Gasteiger partial charge < -0.3 is 0 Å². The standard InChI is InChI=1S/C9H7BrS.C2H6/c1-6-4-7-2-3-8(10)5-9(7)11-6;1-2/h2-5H,1H3;1-2H3. The summed E-state index contributed by atoms with van der Waals surface area (Å²) in [5, 5.41) is 1.34. The van der Waals surface area contributed by atoms with Crippen LogP contribution < -0.4 is 0 Å². The number of hydrogen-bond donors (Lipinski definition) is 0. The fourth-order valence-electron chi connectivity index (χ4n) is 1.14. The molecule has 70 valence electrons. The molecule has 1 heterocycles. The predicted octanol–water partition coefficient (Wildman–Crippen LogP) is 5.00. The number of thiophene rings is 1. The van der Waals surface area contributed by atoms with Crippen molar-refractivity contribution in [2.45, 2.75) is 20.8 Å². The molecular formula is C11H13BrS. The third-order valence-corrected chi connectivity index (χ3v) is 3.11. The van der Waals surface area contributed by atoms with E-state index in [1.165, 1.54) is 15.0 Å². The number of halogens is 1. The van der Waals surface area contributed by atoms with Gasteiger partial charge >= 0.3 is 0 Å². The maximum atomic E-state index is 3.45. The maximum Gasteiger partial charge on any atom is 0.0356 e. The molecule has 2 heteroatoms. The Balaban J connectivity index is 0.000000396. The van der Waals surface area contributed by atoms with E-state index in [1.807, 2.05) is 25.2 Å². The molecule has 0 aliphatic heterocycles. The Morgan fingerprint density at radius 3 is 2.54 bits per heavy atom. The van der Waals surface area contributed by atoms with Crippen molar-refractivity contribution in [3.8, 4) is 0 Å². The van der Waals surface area contributed by atoms with Gasteiger partial charge in [-0.1, -0.05) is 35.8 Å². The van der Waals surface area contributed by atoms with E-state index in [4.69, 9.17) is 0 Å². The smallest absolute Gasteiger partial charge is 0.0356 e. The lowest BCUT2D eigenvalue weighted by molar-refractivity contribution is 1.50.